The van der Waals surface area contributed by atoms with Gasteiger partial charge in [-0.1, -0.05) is 0 Å². The first-order valence-electron chi connectivity index (χ1n) is 6.79. The summed E-state index contributed by atoms with van der Waals surface area (Å²) in [4.78, 5) is 3.44. The van der Waals surface area contributed by atoms with Gasteiger partial charge in [-0.3, -0.25) is 4.90 Å². The fourth-order valence-electron chi connectivity index (χ4n) is 3.12. The normalized spacial score (nSPS) is 26.2. The van der Waals surface area contributed by atoms with E-state index >= 15 is 0 Å². The van der Waals surface area contributed by atoms with Gasteiger partial charge in [-0.2, -0.15) is 0 Å². The summed E-state index contributed by atoms with van der Waals surface area (Å²) in [5.74, 6) is 2.94. The van der Waals surface area contributed by atoms with E-state index in [1.165, 1.54) is 0 Å². The van der Waals surface area contributed by atoms with E-state index in [0.717, 1.165) is 59.1 Å². The number of likely N-dealkylation sites (tertiary alicyclic amines) is 1. The summed E-state index contributed by atoms with van der Waals surface area (Å²) in [7, 11) is 0. The predicted molar refractivity (Wildman–Crippen MR) is 80.4 cm³/mol. The molecule has 106 valence electrons. The first-order valence-corrected chi connectivity index (χ1v) is 8.40. The van der Waals surface area contributed by atoms with Crippen LogP contribution in [0.4, 0.5) is 0 Å². The van der Waals surface area contributed by atoms with Crippen molar-refractivity contribution >= 4 is 27.3 Å². The highest BCUT2D eigenvalue weighted by Crippen LogP contribution is 2.31. The zero-order valence-electron chi connectivity index (χ0n) is 10.9. The highest BCUT2D eigenvalue weighted by atomic mass is 79.9. The number of thiophene rings is 1. The third-order valence-corrected chi connectivity index (χ3v) is 5.69. The van der Waals surface area contributed by atoms with Gasteiger partial charge in [0, 0.05) is 13.1 Å². The van der Waals surface area contributed by atoms with Gasteiger partial charge in [0.2, 0.25) is 5.89 Å². The molecule has 0 saturated carbocycles. The largest absolute Gasteiger partial charge is 0.419 e. The number of nitrogens with one attached hydrogen (secondary N) is 1. The minimum absolute atomic E-state index is 0.622. The molecule has 0 radical (unpaired) electrons. The molecule has 1 N–H and O–H groups in total. The van der Waals surface area contributed by atoms with Crippen molar-refractivity contribution in [2.75, 3.05) is 26.2 Å². The molecule has 0 bridgehead atoms. The topological polar surface area (TPSA) is 54.2 Å². The molecule has 4 rings (SSSR count). The Bertz CT molecular complexity index is 601. The van der Waals surface area contributed by atoms with Gasteiger partial charge in [-0.15, -0.1) is 21.5 Å². The minimum atomic E-state index is 0.622. The Balaban J connectivity index is 1.44. The molecular formula is C13H15BrN4OS. The molecule has 2 aromatic rings. The van der Waals surface area contributed by atoms with Gasteiger partial charge in [0.05, 0.1) is 15.2 Å². The van der Waals surface area contributed by atoms with E-state index in [1.807, 2.05) is 12.1 Å². The van der Waals surface area contributed by atoms with Crippen LogP contribution in [0.1, 0.15) is 5.89 Å². The number of halogens is 1. The third kappa shape index (κ3) is 2.43. The molecule has 2 aliphatic rings. The van der Waals surface area contributed by atoms with Crippen LogP contribution in [0.2, 0.25) is 0 Å². The summed E-state index contributed by atoms with van der Waals surface area (Å²) in [6.45, 7) is 5.35. The number of rotatable bonds is 3. The summed E-state index contributed by atoms with van der Waals surface area (Å²) < 4.78 is 6.85. The molecule has 2 saturated heterocycles. The third-order valence-electron chi connectivity index (χ3n) is 4.07. The smallest absolute Gasteiger partial charge is 0.257 e. The number of fused-ring (bicyclic) bond motifs is 1. The highest BCUT2D eigenvalue weighted by molar-refractivity contribution is 9.11. The standard InChI is InChI=1S/C13H15BrN4OS/c14-11-2-1-10(20-11)13-17-16-12(19-13)7-18-5-8-3-15-4-9(8)6-18/h1-2,8-9,15H,3-7H2. The second kappa shape index (κ2) is 5.22. The second-order valence-electron chi connectivity index (χ2n) is 5.48. The van der Waals surface area contributed by atoms with Gasteiger partial charge in [-0.05, 0) is 53.0 Å². The van der Waals surface area contributed by atoms with E-state index < -0.39 is 0 Å². The van der Waals surface area contributed by atoms with Gasteiger partial charge in [-0.25, -0.2) is 0 Å². The van der Waals surface area contributed by atoms with Crippen LogP contribution in [0.5, 0.6) is 0 Å². The second-order valence-corrected chi connectivity index (χ2v) is 7.94. The molecule has 5 nitrogen and oxygen atoms in total. The molecular weight excluding hydrogens is 340 g/mol. The monoisotopic (exact) mass is 354 g/mol. The van der Waals surface area contributed by atoms with Crippen molar-refractivity contribution in [1.82, 2.24) is 20.4 Å². The predicted octanol–water partition coefficient (Wildman–Crippen LogP) is 2.21. The van der Waals surface area contributed by atoms with Crippen LogP contribution in [0.15, 0.2) is 20.3 Å². The van der Waals surface area contributed by atoms with Crippen LogP contribution in [-0.2, 0) is 6.54 Å². The van der Waals surface area contributed by atoms with Crippen molar-refractivity contribution in [3.8, 4) is 10.8 Å². The fourth-order valence-corrected chi connectivity index (χ4v) is 4.43. The van der Waals surface area contributed by atoms with Gasteiger partial charge in [0.1, 0.15) is 0 Å². The molecule has 2 aliphatic heterocycles. The average Bonchev–Trinajstić information content (AvgIpc) is 3.12. The van der Waals surface area contributed by atoms with Gasteiger partial charge in [0.25, 0.3) is 5.89 Å². The Morgan fingerprint density at radius 3 is 2.80 bits per heavy atom. The molecule has 2 unspecified atom stereocenters. The van der Waals surface area contributed by atoms with Gasteiger partial charge in [0.15, 0.2) is 0 Å². The summed E-state index contributed by atoms with van der Waals surface area (Å²) in [5.41, 5.74) is 0. The van der Waals surface area contributed by atoms with Crippen molar-refractivity contribution in [2.45, 2.75) is 6.54 Å². The summed E-state index contributed by atoms with van der Waals surface area (Å²) in [6, 6.07) is 4.00. The number of aromatic nitrogens is 2. The number of nitrogens with zero attached hydrogens (tertiary/aromatic N) is 3. The molecule has 2 fully saturated rings. The van der Waals surface area contributed by atoms with Crippen LogP contribution in [-0.4, -0.2) is 41.3 Å². The highest BCUT2D eigenvalue weighted by Gasteiger charge is 2.36. The van der Waals surface area contributed by atoms with E-state index in [0.29, 0.717) is 5.89 Å². The zero-order chi connectivity index (χ0) is 13.5. The lowest BCUT2D eigenvalue weighted by Crippen LogP contribution is -2.25. The number of hydrogen-bond donors (Lipinski definition) is 1. The van der Waals surface area contributed by atoms with Crippen LogP contribution < -0.4 is 5.32 Å². The Morgan fingerprint density at radius 2 is 2.10 bits per heavy atom. The van der Waals surface area contributed by atoms with E-state index in [4.69, 9.17) is 4.42 Å². The lowest BCUT2D eigenvalue weighted by atomic mass is 10.0. The molecule has 0 aliphatic carbocycles. The lowest BCUT2D eigenvalue weighted by Gasteiger charge is -2.13. The molecule has 4 heterocycles. The first kappa shape index (κ1) is 12.9. The van der Waals surface area contributed by atoms with Crippen molar-refractivity contribution in [3.05, 3.63) is 21.8 Å². The maximum atomic E-state index is 5.78. The Morgan fingerprint density at radius 1 is 1.30 bits per heavy atom. The van der Waals surface area contributed by atoms with Crippen LogP contribution >= 0.6 is 27.3 Å². The summed E-state index contributed by atoms with van der Waals surface area (Å²) in [6.07, 6.45) is 0. The van der Waals surface area contributed by atoms with Crippen LogP contribution in [0.3, 0.4) is 0 Å². The van der Waals surface area contributed by atoms with Gasteiger partial charge < -0.3 is 9.73 Å². The summed E-state index contributed by atoms with van der Waals surface area (Å²) in [5, 5.41) is 11.8. The average molecular weight is 355 g/mol. The molecule has 0 aromatic carbocycles. The lowest BCUT2D eigenvalue weighted by molar-refractivity contribution is 0.273. The van der Waals surface area contributed by atoms with E-state index in [1.54, 1.807) is 11.3 Å². The molecule has 20 heavy (non-hydrogen) atoms. The van der Waals surface area contributed by atoms with Gasteiger partial charge >= 0.3 is 0 Å². The van der Waals surface area contributed by atoms with Crippen LogP contribution in [0, 0.1) is 11.8 Å². The van der Waals surface area contributed by atoms with E-state index in [2.05, 4.69) is 36.3 Å². The Labute approximate surface area is 129 Å². The summed E-state index contributed by atoms with van der Waals surface area (Å²) >= 11 is 5.06. The SMILES string of the molecule is Brc1ccc(-c2nnc(CN3CC4CNCC4C3)o2)s1. The van der Waals surface area contributed by atoms with Crippen LogP contribution in [0.25, 0.3) is 10.8 Å². The van der Waals surface area contributed by atoms with Crippen molar-refractivity contribution < 1.29 is 4.42 Å². The number of hydrogen-bond acceptors (Lipinski definition) is 6. The molecule has 2 aromatic heterocycles. The molecule has 2 atom stereocenters. The van der Waals surface area contributed by atoms with Crippen molar-refractivity contribution in [3.63, 3.8) is 0 Å². The van der Waals surface area contributed by atoms with Crippen molar-refractivity contribution in [1.29, 1.82) is 0 Å². The van der Waals surface area contributed by atoms with Crippen molar-refractivity contribution in [2.24, 2.45) is 11.8 Å². The zero-order valence-corrected chi connectivity index (χ0v) is 13.3. The molecule has 0 spiro atoms. The molecule has 0 amide bonds. The fraction of sp³-hybridized carbons (Fsp3) is 0.538. The maximum Gasteiger partial charge on any atom is 0.257 e. The Hall–Kier alpha value is -0.760. The maximum absolute atomic E-state index is 5.78. The Kier molecular flexibility index (Phi) is 3.37. The van der Waals surface area contributed by atoms with E-state index in [-0.39, 0.29) is 0 Å². The van der Waals surface area contributed by atoms with E-state index in [9.17, 15) is 0 Å². The molecule has 7 heteroatoms. The first-order chi connectivity index (χ1) is 9.78. The minimum Gasteiger partial charge on any atom is -0.419 e. The quantitative estimate of drug-likeness (QED) is 0.915.